The molecule has 7 nitrogen and oxygen atoms in total. The summed E-state index contributed by atoms with van der Waals surface area (Å²) in [6.45, 7) is 4.91. The number of nitrogens with one attached hydrogen (secondary N) is 2. The quantitative estimate of drug-likeness (QED) is 0.411. The third kappa shape index (κ3) is 4.80. The average molecular weight is 466 g/mol. The number of hydrogen-bond acceptors (Lipinski definition) is 5. The molecule has 1 unspecified atom stereocenters. The number of nitrogens with zero attached hydrogens (tertiary/aromatic N) is 3. The standard InChI is InChI=1S/C28H27N5O2/c1-19-8-6-7-11-23(19)17-35-24-14-12-22(13-15-24)26-25(20(2)32-28-30-18-31-33(26)28)27(34)29-16-21-9-4-3-5-10-21/h3-15,18,26H,16-17H2,1-2H3,(H,29,34)(H,30,31,32). The van der Waals surface area contributed by atoms with Crippen molar-refractivity contribution in [3.8, 4) is 5.75 Å². The fourth-order valence-corrected chi connectivity index (χ4v) is 4.25. The molecule has 176 valence electrons. The van der Waals surface area contributed by atoms with Gasteiger partial charge in [0.1, 0.15) is 24.7 Å². The maximum atomic E-state index is 13.4. The van der Waals surface area contributed by atoms with Gasteiger partial charge in [0.2, 0.25) is 5.95 Å². The van der Waals surface area contributed by atoms with Gasteiger partial charge < -0.3 is 15.4 Å². The molecule has 1 aliphatic rings. The first-order valence-electron chi connectivity index (χ1n) is 11.6. The molecule has 0 fully saturated rings. The second kappa shape index (κ2) is 9.85. The molecule has 0 aliphatic carbocycles. The molecule has 5 rings (SSSR count). The van der Waals surface area contributed by atoms with E-state index < -0.39 is 6.04 Å². The van der Waals surface area contributed by atoms with Gasteiger partial charge >= 0.3 is 0 Å². The van der Waals surface area contributed by atoms with Crippen LogP contribution < -0.4 is 15.4 Å². The number of aryl methyl sites for hydroxylation is 1. The minimum absolute atomic E-state index is 0.148. The van der Waals surface area contributed by atoms with Crippen LogP contribution in [-0.2, 0) is 17.9 Å². The Morgan fingerprint density at radius 2 is 1.74 bits per heavy atom. The maximum absolute atomic E-state index is 13.4. The lowest BCUT2D eigenvalue weighted by molar-refractivity contribution is -0.118. The Bertz CT molecular complexity index is 1360. The Kier molecular flexibility index (Phi) is 6.30. The number of amides is 1. The second-order valence-electron chi connectivity index (χ2n) is 8.55. The Morgan fingerprint density at radius 3 is 2.51 bits per heavy atom. The van der Waals surface area contributed by atoms with Crippen molar-refractivity contribution in [3.05, 3.63) is 119 Å². The van der Waals surface area contributed by atoms with E-state index in [9.17, 15) is 4.79 Å². The third-order valence-corrected chi connectivity index (χ3v) is 6.19. The van der Waals surface area contributed by atoms with Crippen molar-refractivity contribution in [1.82, 2.24) is 20.1 Å². The average Bonchev–Trinajstić information content (AvgIpc) is 3.35. The molecule has 1 aromatic heterocycles. The summed E-state index contributed by atoms with van der Waals surface area (Å²) in [5.41, 5.74) is 5.66. The zero-order chi connectivity index (χ0) is 24.2. The van der Waals surface area contributed by atoms with E-state index in [-0.39, 0.29) is 5.91 Å². The SMILES string of the molecule is CC1=C(C(=O)NCc2ccccc2)C(c2ccc(OCc3ccccc3C)cc2)n2ncnc2N1. The third-order valence-electron chi connectivity index (χ3n) is 6.19. The summed E-state index contributed by atoms with van der Waals surface area (Å²) in [5, 5.41) is 10.7. The van der Waals surface area contributed by atoms with Crippen LogP contribution in [0.15, 0.2) is 96.5 Å². The highest BCUT2D eigenvalue weighted by Crippen LogP contribution is 2.35. The molecule has 2 heterocycles. The van der Waals surface area contributed by atoms with E-state index >= 15 is 0 Å². The molecule has 4 aromatic rings. The molecular weight excluding hydrogens is 438 g/mol. The van der Waals surface area contributed by atoms with Crippen LogP contribution in [-0.4, -0.2) is 20.7 Å². The van der Waals surface area contributed by atoms with Crippen molar-refractivity contribution in [1.29, 1.82) is 0 Å². The highest BCUT2D eigenvalue weighted by atomic mass is 16.5. The summed E-state index contributed by atoms with van der Waals surface area (Å²) in [6.07, 6.45) is 1.49. The van der Waals surface area contributed by atoms with Gasteiger partial charge in [-0.1, -0.05) is 66.7 Å². The highest BCUT2D eigenvalue weighted by molar-refractivity contribution is 5.96. The summed E-state index contributed by atoms with van der Waals surface area (Å²) >= 11 is 0. The van der Waals surface area contributed by atoms with Gasteiger partial charge in [0.05, 0.1) is 5.57 Å². The van der Waals surface area contributed by atoms with E-state index in [0.29, 0.717) is 24.7 Å². The van der Waals surface area contributed by atoms with Crippen LogP contribution in [0.3, 0.4) is 0 Å². The number of allylic oxidation sites excluding steroid dienone is 1. The molecular formula is C28H27N5O2. The van der Waals surface area contributed by atoms with Gasteiger partial charge in [-0.25, -0.2) is 4.68 Å². The van der Waals surface area contributed by atoms with Gasteiger partial charge in [0, 0.05) is 12.2 Å². The molecule has 1 atom stereocenters. The van der Waals surface area contributed by atoms with Gasteiger partial charge in [0.25, 0.3) is 5.91 Å². The molecule has 0 saturated carbocycles. The summed E-state index contributed by atoms with van der Waals surface area (Å²) < 4.78 is 7.76. The van der Waals surface area contributed by atoms with Gasteiger partial charge in [-0.3, -0.25) is 4.79 Å². The first kappa shape index (κ1) is 22.4. The number of carbonyl (C=O) groups is 1. The number of fused-ring (bicyclic) bond motifs is 1. The number of benzene rings is 3. The van der Waals surface area contributed by atoms with Crippen molar-refractivity contribution < 1.29 is 9.53 Å². The Balaban J connectivity index is 1.38. The number of rotatable bonds is 7. The number of anilines is 1. The number of aromatic nitrogens is 3. The zero-order valence-corrected chi connectivity index (χ0v) is 19.7. The number of hydrogen-bond donors (Lipinski definition) is 2. The van der Waals surface area contributed by atoms with Crippen molar-refractivity contribution in [2.45, 2.75) is 33.0 Å². The lowest BCUT2D eigenvalue weighted by Crippen LogP contribution is -2.34. The van der Waals surface area contributed by atoms with Crippen LogP contribution in [0.5, 0.6) is 5.75 Å². The minimum atomic E-state index is -0.407. The second-order valence-corrected chi connectivity index (χ2v) is 8.55. The van der Waals surface area contributed by atoms with Gasteiger partial charge in [-0.2, -0.15) is 10.1 Å². The van der Waals surface area contributed by atoms with Crippen LogP contribution in [0.2, 0.25) is 0 Å². The van der Waals surface area contributed by atoms with Gasteiger partial charge in [-0.05, 0) is 48.2 Å². The van der Waals surface area contributed by atoms with E-state index in [1.54, 1.807) is 4.68 Å². The van der Waals surface area contributed by atoms with Crippen LogP contribution in [0.1, 0.15) is 35.2 Å². The molecule has 0 spiro atoms. The Morgan fingerprint density at radius 1 is 1.00 bits per heavy atom. The molecule has 0 saturated heterocycles. The smallest absolute Gasteiger partial charge is 0.251 e. The first-order chi connectivity index (χ1) is 17.1. The topological polar surface area (TPSA) is 81.1 Å². The van der Waals surface area contributed by atoms with Crippen molar-refractivity contribution in [2.24, 2.45) is 0 Å². The van der Waals surface area contributed by atoms with Crippen molar-refractivity contribution >= 4 is 11.9 Å². The molecule has 0 bridgehead atoms. The van der Waals surface area contributed by atoms with Crippen molar-refractivity contribution in [3.63, 3.8) is 0 Å². The number of carbonyl (C=O) groups excluding carboxylic acids is 1. The monoisotopic (exact) mass is 465 g/mol. The summed E-state index contributed by atoms with van der Waals surface area (Å²) in [5.74, 6) is 1.22. The molecule has 7 heteroatoms. The zero-order valence-electron chi connectivity index (χ0n) is 19.7. The normalized spacial score (nSPS) is 14.7. The Labute approximate surface area is 204 Å². The predicted octanol–water partition coefficient (Wildman–Crippen LogP) is 4.77. The lowest BCUT2D eigenvalue weighted by atomic mass is 9.95. The first-order valence-corrected chi connectivity index (χ1v) is 11.6. The predicted molar refractivity (Wildman–Crippen MR) is 135 cm³/mol. The Hall–Kier alpha value is -4.39. The number of ether oxygens (including phenoxy) is 1. The minimum Gasteiger partial charge on any atom is -0.489 e. The van der Waals surface area contributed by atoms with Gasteiger partial charge in [-0.15, -0.1) is 0 Å². The van der Waals surface area contributed by atoms with Crippen LogP contribution in [0, 0.1) is 6.92 Å². The summed E-state index contributed by atoms with van der Waals surface area (Å²) in [7, 11) is 0. The fourth-order valence-electron chi connectivity index (χ4n) is 4.25. The van der Waals surface area contributed by atoms with Gasteiger partial charge in [0.15, 0.2) is 0 Å². The highest BCUT2D eigenvalue weighted by Gasteiger charge is 2.33. The van der Waals surface area contributed by atoms with Crippen LogP contribution in [0.4, 0.5) is 5.95 Å². The summed E-state index contributed by atoms with van der Waals surface area (Å²) in [6, 6.07) is 25.5. The van der Waals surface area contributed by atoms with E-state index in [2.05, 4.69) is 39.8 Å². The van der Waals surface area contributed by atoms with E-state index in [0.717, 1.165) is 28.1 Å². The molecule has 1 aliphatic heterocycles. The molecule has 3 aromatic carbocycles. The largest absolute Gasteiger partial charge is 0.489 e. The molecule has 0 radical (unpaired) electrons. The van der Waals surface area contributed by atoms with E-state index in [1.807, 2.05) is 73.7 Å². The van der Waals surface area contributed by atoms with Crippen LogP contribution >= 0.6 is 0 Å². The molecule has 1 amide bonds. The van der Waals surface area contributed by atoms with Crippen molar-refractivity contribution in [2.75, 3.05) is 5.32 Å². The lowest BCUT2D eigenvalue weighted by Gasteiger charge is -2.28. The molecule has 35 heavy (non-hydrogen) atoms. The maximum Gasteiger partial charge on any atom is 0.251 e. The fraction of sp³-hybridized carbons (Fsp3) is 0.179. The van der Waals surface area contributed by atoms with E-state index in [4.69, 9.17) is 4.74 Å². The van der Waals surface area contributed by atoms with E-state index in [1.165, 1.54) is 11.9 Å². The molecule has 2 N–H and O–H groups in total. The van der Waals surface area contributed by atoms with Crippen LogP contribution in [0.25, 0.3) is 0 Å². The summed E-state index contributed by atoms with van der Waals surface area (Å²) in [4.78, 5) is 17.7.